The summed E-state index contributed by atoms with van der Waals surface area (Å²) in [7, 11) is -0.0581. The summed E-state index contributed by atoms with van der Waals surface area (Å²) in [6.45, 7) is 2.92. The summed E-state index contributed by atoms with van der Waals surface area (Å²) in [5.74, 6) is 2.01. The maximum Gasteiger partial charge on any atom is 0.243 e. The number of rotatable bonds is 7. The van der Waals surface area contributed by atoms with E-state index in [1.807, 2.05) is 7.05 Å². The quantitative estimate of drug-likeness (QED) is 0.719. The summed E-state index contributed by atoms with van der Waals surface area (Å²) in [6, 6.07) is 6.74. The van der Waals surface area contributed by atoms with E-state index >= 15 is 0 Å². The van der Waals surface area contributed by atoms with Gasteiger partial charge in [0.25, 0.3) is 0 Å². The van der Waals surface area contributed by atoms with Crippen molar-refractivity contribution in [2.45, 2.75) is 43.0 Å². The van der Waals surface area contributed by atoms with E-state index in [1.54, 1.807) is 31.4 Å². The molecular formula is C18H27ClN4O4S. The normalized spacial score (nSPS) is 17.1. The Bertz CT molecular complexity index is 849. The number of aromatic nitrogens is 2. The van der Waals surface area contributed by atoms with Crippen LogP contribution in [0.3, 0.4) is 0 Å². The first kappa shape index (κ1) is 22.6. The molecule has 28 heavy (non-hydrogen) atoms. The topological polar surface area (TPSA) is 97.6 Å². The Hall–Kier alpha value is -1.68. The van der Waals surface area contributed by atoms with Crippen molar-refractivity contribution < 1.29 is 17.7 Å². The molecule has 1 aromatic carbocycles. The third-order valence-corrected chi connectivity index (χ3v) is 6.88. The van der Waals surface area contributed by atoms with Crippen molar-refractivity contribution in [3.8, 4) is 5.75 Å². The van der Waals surface area contributed by atoms with Crippen molar-refractivity contribution in [3.63, 3.8) is 0 Å². The number of hydrogen-bond donors (Lipinski definition) is 1. The number of likely N-dealkylation sites (N-methyl/N-ethyl adjacent to an activating group) is 1. The molecule has 0 spiro atoms. The Labute approximate surface area is 172 Å². The number of nitrogens with zero attached hydrogens (tertiary/aromatic N) is 3. The van der Waals surface area contributed by atoms with E-state index < -0.39 is 10.0 Å². The molecule has 2 aromatic rings. The zero-order valence-corrected chi connectivity index (χ0v) is 17.9. The molecule has 0 amide bonds. The van der Waals surface area contributed by atoms with Gasteiger partial charge in [-0.2, -0.15) is 9.29 Å². The standard InChI is InChI=1S/C18H26N4O4S.ClH/c1-13(19-2)12-17-20-18(26-21-17)14-8-10-22(11-9-14)27(23,24)16-6-4-15(25-3)5-7-16;/h4-7,13-14,19H,8-12H2,1-3H3;1H. The first-order valence-corrected chi connectivity index (χ1v) is 10.5. The summed E-state index contributed by atoms with van der Waals surface area (Å²) >= 11 is 0. The molecular weight excluding hydrogens is 404 g/mol. The minimum absolute atomic E-state index is 0. The molecule has 1 aliphatic heterocycles. The van der Waals surface area contributed by atoms with Gasteiger partial charge in [-0.3, -0.25) is 0 Å². The van der Waals surface area contributed by atoms with Crippen LogP contribution in [-0.4, -0.2) is 56.2 Å². The number of methoxy groups -OCH3 is 1. The number of piperidine rings is 1. The molecule has 156 valence electrons. The summed E-state index contributed by atoms with van der Waals surface area (Å²) < 4.78 is 37.6. The highest BCUT2D eigenvalue weighted by atomic mass is 35.5. The van der Waals surface area contributed by atoms with Gasteiger partial charge in [-0.15, -0.1) is 12.4 Å². The van der Waals surface area contributed by atoms with Gasteiger partial charge in [0, 0.05) is 31.5 Å². The Morgan fingerprint density at radius 2 is 1.93 bits per heavy atom. The Balaban J connectivity index is 0.00000280. The minimum Gasteiger partial charge on any atom is -0.497 e. The third-order valence-electron chi connectivity index (χ3n) is 4.97. The molecule has 0 aliphatic carbocycles. The lowest BCUT2D eigenvalue weighted by Gasteiger charge is -2.29. The first-order chi connectivity index (χ1) is 12.9. The van der Waals surface area contributed by atoms with Crippen LogP contribution in [0.4, 0.5) is 0 Å². The Kier molecular flexibility index (Phi) is 7.82. The van der Waals surface area contributed by atoms with Gasteiger partial charge in [-0.05, 0) is 51.1 Å². The summed E-state index contributed by atoms with van der Waals surface area (Å²) in [5.41, 5.74) is 0. The second kappa shape index (κ2) is 9.69. The van der Waals surface area contributed by atoms with E-state index in [0.29, 0.717) is 49.8 Å². The molecule has 3 rings (SSSR count). The largest absolute Gasteiger partial charge is 0.497 e. The molecule has 1 fully saturated rings. The number of sulfonamides is 1. The Morgan fingerprint density at radius 1 is 1.29 bits per heavy atom. The number of hydrogen-bond acceptors (Lipinski definition) is 7. The van der Waals surface area contributed by atoms with E-state index in [4.69, 9.17) is 9.26 Å². The van der Waals surface area contributed by atoms with E-state index in [-0.39, 0.29) is 29.3 Å². The fraction of sp³-hybridized carbons (Fsp3) is 0.556. The lowest BCUT2D eigenvalue weighted by Crippen LogP contribution is -2.37. The molecule has 1 N–H and O–H groups in total. The molecule has 1 aromatic heterocycles. The third kappa shape index (κ3) is 5.02. The molecule has 0 bridgehead atoms. The highest BCUT2D eigenvalue weighted by Gasteiger charge is 2.32. The van der Waals surface area contributed by atoms with Crippen molar-refractivity contribution in [2.24, 2.45) is 0 Å². The lowest BCUT2D eigenvalue weighted by molar-refractivity contribution is 0.270. The van der Waals surface area contributed by atoms with Gasteiger partial charge in [0.05, 0.1) is 12.0 Å². The van der Waals surface area contributed by atoms with Crippen molar-refractivity contribution in [1.82, 2.24) is 19.8 Å². The van der Waals surface area contributed by atoms with Gasteiger partial charge in [0.15, 0.2) is 5.82 Å². The Morgan fingerprint density at radius 3 is 2.50 bits per heavy atom. The number of ether oxygens (including phenoxy) is 1. The van der Waals surface area contributed by atoms with Gasteiger partial charge in [0.1, 0.15) is 5.75 Å². The maximum absolute atomic E-state index is 12.8. The second-order valence-electron chi connectivity index (χ2n) is 6.80. The van der Waals surface area contributed by atoms with Crippen LogP contribution in [0.25, 0.3) is 0 Å². The monoisotopic (exact) mass is 430 g/mol. The van der Waals surface area contributed by atoms with Crippen LogP contribution in [0.1, 0.15) is 37.4 Å². The van der Waals surface area contributed by atoms with E-state index in [0.717, 1.165) is 0 Å². The van der Waals surface area contributed by atoms with Gasteiger partial charge < -0.3 is 14.6 Å². The van der Waals surface area contributed by atoms with Gasteiger partial charge in [-0.25, -0.2) is 8.42 Å². The van der Waals surface area contributed by atoms with E-state index in [1.165, 1.54) is 4.31 Å². The molecule has 0 radical (unpaired) electrons. The van der Waals surface area contributed by atoms with Gasteiger partial charge >= 0.3 is 0 Å². The van der Waals surface area contributed by atoms with Crippen LogP contribution in [0.15, 0.2) is 33.7 Å². The first-order valence-electron chi connectivity index (χ1n) is 9.08. The SMILES string of the molecule is CNC(C)Cc1noc(C2CCN(S(=O)(=O)c3ccc(OC)cc3)CC2)n1.Cl. The number of halogens is 1. The average molecular weight is 431 g/mol. The summed E-state index contributed by atoms with van der Waals surface area (Å²) in [6.07, 6.45) is 2.03. The van der Waals surface area contributed by atoms with Crippen molar-refractivity contribution in [2.75, 3.05) is 27.2 Å². The highest BCUT2D eigenvalue weighted by molar-refractivity contribution is 7.89. The fourth-order valence-corrected chi connectivity index (χ4v) is 4.60. The van der Waals surface area contributed by atoms with Gasteiger partial charge in [-0.1, -0.05) is 5.16 Å². The number of nitrogens with one attached hydrogen (secondary N) is 1. The van der Waals surface area contributed by atoms with E-state index in [9.17, 15) is 8.42 Å². The second-order valence-corrected chi connectivity index (χ2v) is 8.73. The van der Waals surface area contributed by atoms with Gasteiger partial charge in [0.2, 0.25) is 15.9 Å². The van der Waals surface area contributed by atoms with Crippen LogP contribution in [0.5, 0.6) is 5.75 Å². The molecule has 0 saturated carbocycles. The zero-order chi connectivity index (χ0) is 19.4. The smallest absolute Gasteiger partial charge is 0.243 e. The van der Waals surface area contributed by atoms with Crippen molar-refractivity contribution >= 4 is 22.4 Å². The highest BCUT2D eigenvalue weighted by Crippen LogP contribution is 2.30. The molecule has 10 heteroatoms. The van der Waals surface area contributed by atoms with Crippen LogP contribution in [0, 0.1) is 0 Å². The summed E-state index contributed by atoms with van der Waals surface area (Å²) in [5, 5.41) is 7.19. The van der Waals surface area contributed by atoms with Crippen LogP contribution in [0.2, 0.25) is 0 Å². The summed E-state index contributed by atoms with van der Waals surface area (Å²) in [4.78, 5) is 4.77. The zero-order valence-electron chi connectivity index (χ0n) is 16.3. The molecule has 1 atom stereocenters. The lowest BCUT2D eigenvalue weighted by atomic mass is 9.98. The minimum atomic E-state index is -3.50. The number of benzene rings is 1. The maximum atomic E-state index is 12.8. The predicted molar refractivity (Wildman–Crippen MR) is 107 cm³/mol. The predicted octanol–water partition coefficient (Wildman–Crippen LogP) is 2.22. The van der Waals surface area contributed by atoms with Crippen LogP contribution in [-0.2, 0) is 16.4 Å². The van der Waals surface area contributed by atoms with Crippen LogP contribution >= 0.6 is 12.4 Å². The van der Waals surface area contributed by atoms with Crippen molar-refractivity contribution in [3.05, 3.63) is 36.0 Å². The molecule has 1 saturated heterocycles. The molecule has 1 unspecified atom stereocenters. The molecule has 2 heterocycles. The molecule has 8 nitrogen and oxygen atoms in total. The average Bonchev–Trinajstić information content (AvgIpc) is 3.16. The van der Waals surface area contributed by atoms with Crippen LogP contribution < -0.4 is 10.1 Å². The fourth-order valence-electron chi connectivity index (χ4n) is 3.13. The van der Waals surface area contributed by atoms with Crippen molar-refractivity contribution in [1.29, 1.82) is 0 Å². The molecule has 1 aliphatic rings. The van der Waals surface area contributed by atoms with E-state index in [2.05, 4.69) is 22.4 Å².